The van der Waals surface area contributed by atoms with E-state index in [9.17, 15) is 9.90 Å². The lowest BCUT2D eigenvalue weighted by molar-refractivity contribution is -0.125. The number of anilines is 4. The van der Waals surface area contributed by atoms with Gasteiger partial charge in [-0.15, -0.1) is 6.58 Å². The third-order valence-corrected chi connectivity index (χ3v) is 8.53. The highest BCUT2D eigenvalue weighted by Crippen LogP contribution is 2.37. The maximum atomic E-state index is 12.9. The molecule has 1 saturated heterocycles. The van der Waals surface area contributed by atoms with Crippen molar-refractivity contribution in [2.75, 3.05) is 28.6 Å². The number of aromatic nitrogens is 4. The molecule has 3 heterocycles. The molecule has 4 aromatic rings. The second kappa shape index (κ2) is 11.1. The molecule has 0 spiro atoms. The summed E-state index contributed by atoms with van der Waals surface area (Å²) in [6.45, 7) is 5.87. The van der Waals surface area contributed by atoms with Gasteiger partial charge in [-0.2, -0.15) is 10.1 Å². The largest absolute Gasteiger partial charge is 0.390 e. The quantitative estimate of drug-likeness (QED) is 0.222. The number of aliphatic hydroxyl groups is 1. The molecule has 1 saturated carbocycles. The molecule has 4 N–H and O–H groups in total. The van der Waals surface area contributed by atoms with Crippen molar-refractivity contribution in [1.29, 1.82) is 0 Å². The number of hydrogen-bond donors (Lipinski definition) is 4. The summed E-state index contributed by atoms with van der Waals surface area (Å²) in [5.41, 5.74) is 4.87. The standard InChI is InChI=1S/C32H36N8O2/c1-2-13-40-26-16-24(10-9-21(26)17-34-40)36-32-33-18-27(39-14-5-7-22(19-39)31(42)35-23-11-12-23)30(38-32)37-29-25-8-4-3-6-20(25)15-28(29)41/h2-4,6,8-10,16-18,22-23,28-29,41H,1,5,7,11-15,19H2,(H,35,42)(H2,33,36,37,38)/t22-,28-,29?/m1/s1. The van der Waals surface area contributed by atoms with Crippen molar-refractivity contribution in [2.45, 2.75) is 56.8 Å². The Morgan fingerprint density at radius 2 is 2.02 bits per heavy atom. The van der Waals surface area contributed by atoms with Crippen LogP contribution in [-0.4, -0.2) is 56.0 Å². The van der Waals surface area contributed by atoms with E-state index in [0.717, 1.165) is 65.6 Å². The van der Waals surface area contributed by atoms with E-state index in [0.29, 0.717) is 37.3 Å². The Balaban J connectivity index is 1.19. The Morgan fingerprint density at radius 1 is 1.14 bits per heavy atom. The van der Waals surface area contributed by atoms with Gasteiger partial charge in [0.15, 0.2) is 5.82 Å². The number of carbonyl (C=O) groups is 1. The van der Waals surface area contributed by atoms with Crippen molar-refractivity contribution < 1.29 is 9.90 Å². The van der Waals surface area contributed by atoms with E-state index in [1.807, 2.05) is 53.5 Å². The topological polar surface area (TPSA) is 120 Å². The lowest BCUT2D eigenvalue weighted by Gasteiger charge is -2.35. The molecule has 42 heavy (non-hydrogen) atoms. The predicted octanol–water partition coefficient (Wildman–Crippen LogP) is 4.32. The highest BCUT2D eigenvalue weighted by atomic mass is 16.3. The van der Waals surface area contributed by atoms with E-state index >= 15 is 0 Å². The Bertz CT molecular complexity index is 1630. The fourth-order valence-electron chi connectivity index (χ4n) is 6.17. The molecule has 216 valence electrons. The van der Waals surface area contributed by atoms with Crippen LogP contribution in [0.5, 0.6) is 0 Å². The van der Waals surface area contributed by atoms with Crippen molar-refractivity contribution in [3.8, 4) is 0 Å². The maximum absolute atomic E-state index is 12.9. The smallest absolute Gasteiger partial charge is 0.229 e. The van der Waals surface area contributed by atoms with Crippen LogP contribution in [0.1, 0.15) is 42.9 Å². The van der Waals surface area contributed by atoms with Crippen LogP contribution in [0.3, 0.4) is 0 Å². The average molecular weight is 565 g/mol. The Morgan fingerprint density at radius 3 is 2.88 bits per heavy atom. The molecule has 2 aromatic heterocycles. The number of piperidine rings is 1. The monoisotopic (exact) mass is 564 g/mol. The first-order chi connectivity index (χ1) is 20.6. The first-order valence-electron chi connectivity index (χ1n) is 14.8. The second-order valence-corrected chi connectivity index (χ2v) is 11.6. The predicted molar refractivity (Wildman–Crippen MR) is 164 cm³/mol. The third kappa shape index (κ3) is 5.30. The molecule has 2 aliphatic carbocycles. The minimum atomic E-state index is -0.576. The van der Waals surface area contributed by atoms with Crippen LogP contribution >= 0.6 is 0 Å². The molecule has 2 fully saturated rings. The molecule has 10 heteroatoms. The van der Waals surface area contributed by atoms with Gasteiger partial charge in [0.05, 0.1) is 48.2 Å². The third-order valence-electron chi connectivity index (χ3n) is 8.53. The summed E-state index contributed by atoms with van der Waals surface area (Å²) in [6.07, 6.45) is 9.44. The fraction of sp³-hybridized carbons (Fsp3) is 0.375. The van der Waals surface area contributed by atoms with Crippen molar-refractivity contribution in [3.05, 3.63) is 78.6 Å². The van der Waals surface area contributed by atoms with Crippen LogP contribution in [0, 0.1) is 5.92 Å². The minimum Gasteiger partial charge on any atom is -0.390 e. The molecule has 0 radical (unpaired) electrons. The van der Waals surface area contributed by atoms with Crippen molar-refractivity contribution in [2.24, 2.45) is 5.92 Å². The lowest BCUT2D eigenvalue weighted by atomic mass is 9.96. The Hall–Kier alpha value is -4.44. The van der Waals surface area contributed by atoms with Gasteiger partial charge in [0, 0.05) is 36.6 Å². The van der Waals surface area contributed by atoms with Gasteiger partial charge in [-0.05, 0) is 55.0 Å². The second-order valence-electron chi connectivity index (χ2n) is 11.6. The van der Waals surface area contributed by atoms with Gasteiger partial charge in [-0.3, -0.25) is 9.48 Å². The van der Waals surface area contributed by atoms with Crippen LogP contribution in [0.25, 0.3) is 10.9 Å². The molecule has 0 bridgehead atoms. The number of aliphatic hydroxyl groups excluding tert-OH is 1. The van der Waals surface area contributed by atoms with E-state index in [1.165, 1.54) is 0 Å². The SMILES string of the molecule is C=CCn1ncc2ccc(Nc3ncc(N4CCC[C@@H](C(=O)NC5CC5)C4)c(NC4c5ccccc5C[C@H]4O)n3)cc21. The maximum Gasteiger partial charge on any atom is 0.229 e. The average Bonchev–Trinajstić information content (AvgIpc) is 3.65. The van der Waals surface area contributed by atoms with E-state index in [1.54, 1.807) is 0 Å². The van der Waals surface area contributed by atoms with Gasteiger partial charge in [0.25, 0.3) is 0 Å². The molecular formula is C32H36N8O2. The molecule has 2 aromatic carbocycles. The number of rotatable bonds is 9. The van der Waals surface area contributed by atoms with Gasteiger partial charge in [0.2, 0.25) is 11.9 Å². The van der Waals surface area contributed by atoms with E-state index in [2.05, 4.69) is 44.7 Å². The van der Waals surface area contributed by atoms with Crippen LogP contribution in [0.15, 0.2) is 67.5 Å². The van der Waals surface area contributed by atoms with Gasteiger partial charge >= 0.3 is 0 Å². The zero-order chi connectivity index (χ0) is 28.6. The molecule has 1 amide bonds. The molecule has 1 unspecified atom stereocenters. The van der Waals surface area contributed by atoms with Gasteiger partial charge in [-0.1, -0.05) is 30.3 Å². The summed E-state index contributed by atoms with van der Waals surface area (Å²) in [7, 11) is 0. The number of amides is 1. The molecule has 3 aliphatic rings. The first kappa shape index (κ1) is 26.5. The Labute approximate surface area is 244 Å². The zero-order valence-electron chi connectivity index (χ0n) is 23.5. The fourth-order valence-corrected chi connectivity index (χ4v) is 6.17. The Kier molecular flexibility index (Phi) is 6.99. The summed E-state index contributed by atoms with van der Waals surface area (Å²) in [4.78, 5) is 24.8. The number of allylic oxidation sites excluding steroid dienone is 1. The van der Waals surface area contributed by atoms with Gasteiger partial charge in [0.1, 0.15) is 0 Å². The highest BCUT2D eigenvalue weighted by molar-refractivity contribution is 5.83. The van der Waals surface area contributed by atoms with Crippen molar-refractivity contribution in [3.63, 3.8) is 0 Å². The zero-order valence-corrected chi connectivity index (χ0v) is 23.5. The van der Waals surface area contributed by atoms with Crippen LogP contribution < -0.4 is 20.9 Å². The number of nitrogens with one attached hydrogen (secondary N) is 3. The number of benzene rings is 2. The van der Waals surface area contributed by atoms with Crippen molar-refractivity contribution in [1.82, 2.24) is 25.1 Å². The highest BCUT2D eigenvalue weighted by Gasteiger charge is 2.34. The van der Waals surface area contributed by atoms with Crippen molar-refractivity contribution >= 4 is 40.0 Å². The molecule has 1 aliphatic heterocycles. The van der Waals surface area contributed by atoms with Crippen LogP contribution in [-0.2, 0) is 17.8 Å². The first-order valence-corrected chi connectivity index (χ1v) is 14.8. The van der Waals surface area contributed by atoms with Crippen LogP contribution in [0.2, 0.25) is 0 Å². The summed E-state index contributed by atoms with van der Waals surface area (Å²) in [5.74, 6) is 1.14. The van der Waals surface area contributed by atoms with E-state index < -0.39 is 6.10 Å². The summed E-state index contributed by atoms with van der Waals surface area (Å²) in [5, 5.41) is 26.6. The molecule has 7 rings (SSSR count). The minimum absolute atomic E-state index is 0.0741. The summed E-state index contributed by atoms with van der Waals surface area (Å²) >= 11 is 0. The number of hydrogen-bond acceptors (Lipinski definition) is 8. The number of nitrogens with zero attached hydrogens (tertiary/aromatic N) is 5. The summed E-state index contributed by atoms with van der Waals surface area (Å²) < 4.78 is 1.90. The lowest BCUT2D eigenvalue weighted by Crippen LogP contribution is -2.44. The molecule has 3 atom stereocenters. The van der Waals surface area contributed by atoms with Crippen LogP contribution in [0.4, 0.5) is 23.1 Å². The van der Waals surface area contributed by atoms with E-state index in [4.69, 9.17) is 9.97 Å². The normalized spacial score (nSPS) is 21.6. The molecule has 10 nitrogen and oxygen atoms in total. The summed E-state index contributed by atoms with van der Waals surface area (Å²) in [6, 6.07) is 14.2. The molecular weight excluding hydrogens is 528 g/mol. The number of fused-ring (bicyclic) bond motifs is 2. The van der Waals surface area contributed by atoms with Gasteiger partial charge < -0.3 is 26.0 Å². The number of carbonyl (C=O) groups excluding carboxylic acids is 1. The van der Waals surface area contributed by atoms with Gasteiger partial charge in [-0.25, -0.2) is 4.98 Å². The van der Waals surface area contributed by atoms with E-state index in [-0.39, 0.29) is 17.9 Å².